The van der Waals surface area contributed by atoms with Crippen molar-refractivity contribution < 1.29 is 0 Å². The maximum atomic E-state index is 4.54. The van der Waals surface area contributed by atoms with Crippen LogP contribution in [0, 0.1) is 0 Å². The SMILES string of the molecule is CCc1nccc(CN(C)[C@@H](C)c2cccnc2)n1. The van der Waals surface area contributed by atoms with Crippen LogP contribution in [0.2, 0.25) is 0 Å². The molecule has 0 aliphatic rings. The van der Waals surface area contributed by atoms with Crippen LogP contribution in [0.15, 0.2) is 36.8 Å². The van der Waals surface area contributed by atoms with Gasteiger partial charge in [-0.1, -0.05) is 13.0 Å². The van der Waals surface area contributed by atoms with Crippen molar-refractivity contribution in [3.05, 3.63) is 53.9 Å². The molecule has 19 heavy (non-hydrogen) atoms. The van der Waals surface area contributed by atoms with Crippen LogP contribution in [0.3, 0.4) is 0 Å². The Balaban J connectivity index is 2.06. The molecule has 0 saturated heterocycles. The van der Waals surface area contributed by atoms with Gasteiger partial charge in [-0.05, 0) is 31.7 Å². The summed E-state index contributed by atoms with van der Waals surface area (Å²) in [5.41, 5.74) is 2.28. The van der Waals surface area contributed by atoms with Crippen molar-refractivity contribution in [3.63, 3.8) is 0 Å². The van der Waals surface area contributed by atoms with Gasteiger partial charge in [0.2, 0.25) is 0 Å². The van der Waals surface area contributed by atoms with E-state index in [9.17, 15) is 0 Å². The Morgan fingerprint density at radius 2 is 2.11 bits per heavy atom. The summed E-state index contributed by atoms with van der Waals surface area (Å²) in [6.45, 7) is 5.06. The summed E-state index contributed by atoms with van der Waals surface area (Å²) in [7, 11) is 2.10. The molecule has 0 amide bonds. The van der Waals surface area contributed by atoms with Crippen LogP contribution in [0.1, 0.15) is 37.0 Å². The van der Waals surface area contributed by atoms with Gasteiger partial charge in [0.25, 0.3) is 0 Å². The topological polar surface area (TPSA) is 41.9 Å². The van der Waals surface area contributed by atoms with Gasteiger partial charge in [-0.2, -0.15) is 0 Å². The molecule has 2 heterocycles. The van der Waals surface area contributed by atoms with E-state index in [2.05, 4.69) is 46.8 Å². The van der Waals surface area contributed by atoms with E-state index in [1.807, 2.05) is 24.5 Å². The lowest BCUT2D eigenvalue weighted by Gasteiger charge is -2.24. The van der Waals surface area contributed by atoms with Crippen LogP contribution >= 0.6 is 0 Å². The molecule has 0 saturated carbocycles. The van der Waals surface area contributed by atoms with E-state index in [0.717, 1.165) is 24.5 Å². The van der Waals surface area contributed by atoms with E-state index in [0.29, 0.717) is 6.04 Å². The average molecular weight is 256 g/mol. The summed E-state index contributed by atoms with van der Waals surface area (Å²) in [5.74, 6) is 0.903. The van der Waals surface area contributed by atoms with Crippen LogP contribution in [0.25, 0.3) is 0 Å². The molecule has 0 bridgehead atoms. The van der Waals surface area contributed by atoms with Gasteiger partial charge in [0.1, 0.15) is 5.82 Å². The summed E-state index contributed by atoms with van der Waals surface area (Å²) in [6.07, 6.45) is 6.42. The van der Waals surface area contributed by atoms with Gasteiger partial charge in [-0.15, -0.1) is 0 Å². The molecule has 4 heteroatoms. The standard InChI is InChI=1S/C15H20N4/c1-4-15-17-9-7-14(18-15)11-19(3)12(2)13-6-5-8-16-10-13/h5-10,12H,4,11H2,1-3H3/t12-/m0/s1. The van der Waals surface area contributed by atoms with Crippen LogP contribution in [0.4, 0.5) is 0 Å². The van der Waals surface area contributed by atoms with Crippen LogP contribution in [0.5, 0.6) is 0 Å². The number of hydrogen-bond donors (Lipinski definition) is 0. The molecule has 2 aromatic rings. The zero-order valence-corrected chi connectivity index (χ0v) is 11.7. The van der Waals surface area contributed by atoms with E-state index in [4.69, 9.17) is 0 Å². The molecule has 0 spiro atoms. The number of hydrogen-bond acceptors (Lipinski definition) is 4. The van der Waals surface area contributed by atoms with E-state index in [1.165, 1.54) is 5.56 Å². The number of pyridine rings is 1. The van der Waals surface area contributed by atoms with Gasteiger partial charge in [0.15, 0.2) is 0 Å². The molecule has 0 aromatic carbocycles. The Labute approximate surface area is 114 Å². The Bertz CT molecular complexity index is 513. The van der Waals surface area contributed by atoms with Crippen molar-refractivity contribution in [2.24, 2.45) is 0 Å². The first-order valence-corrected chi connectivity index (χ1v) is 6.61. The maximum Gasteiger partial charge on any atom is 0.128 e. The predicted octanol–water partition coefficient (Wildman–Crippen LogP) is 2.63. The predicted molar refractivity (Wildman–Crippen MR) is 75.5 cm³/mol. The molecule has 4 nitrogen and oxygen atoms in total. The van der Waals surface area contributed by atoms with Crippen molar-refractivity contribution in [3.8, 4) is 0 Å². The van der Waals surface area contributed by atoms with Gasteiger partial charge >= 0.3 is 0 Å². The molecule has 0 fully saturated rings. The van der Waals surface area contributed by atoms with Crippen LogP contribution in [-0.4, -0.2) is 26.9 Å². The first-order valence-electron chi connectivity index (χ1n) is 6.61. The Kier molecular flexibility index (Phi) is 4.58. The molecule has 0 unspecified atom stereocenters. The lowest BCUT2D eigenvalue weighted by Crippen LogP contribution is -2.22. The third kappa shape index (κ3) is 3.58. The fourth-order valence-electron chi connectivity index (χ4n) is 1.97. The van der Waals surface area contributed by atoms with E-state index in [-0.39, 0.29) is 0 Å². The first kappa shape index (κ1) is 13.6. The molecule has 0 radical (unpaired) electrons. The lowest BCUT2D eigenvalue weighted by atomic mass is 10.1. The fourth-order valence-corrected chi connectivity index (χ4v) is 1.97. The number of rotatable bonds is 5. The fraction of sp³-hybridized carbons (Fsp3) is 0.400. The molecule has 2 rings (SSSR count). The zero-order valence-electron chi connectivity index (χ0n) is 11.7. The van der Waals surface area contributed by atoms with E-state index in [1.54, 1.807) is 6.20 Å². The Morgan fingerprint density at radius 1 is 1.26 bits per heavy atom. The van der Waals surface area contributed by atoms with Gasteiger partial charge < -0.3 is 0 Å². The van der Waals surface area contributed by atoms with Gasteiger partial charge in [-0.25, -0.2) is 9.97 Å². The summed E-state index contributed by atoms with van der Waals surface area (Å²) in [5, 5.41) is 0. The molecule has 1 atom stereocenters. The molecular formula is C15H20N4. The Hall–Kier alpha value is -1.81. The second-order valence-electron chi connectivity index (χ2n) is 4.70. The summed E-state index contributed by atoms with van der Waals surface area (Å²) in [4.78, 5) is 15.2. The van der Waals surface area contributed by atoms with Gasteiger partial charge in [0, 0.05) is 37.6 Å². The molecule has 0 aliphatic heterocycles. The molecule has 2 aromatic heterocycles. The minimum Gasteiger partial charge on any atom is -0.294 e. The second-order valence-corrected chi connectivity index (χ2v) is 4.70. The highest BCUT2D eigenvalue weighted by Crippen LogP contribution is 2.18. The summed E-state index contributed by atoms with van der Waals surface area (Å²) < 4.78 is 0. The van der Waals surface area contributed by atoms with E-state index < -0.39 is 0 Å². The maximum absolute atomic E-state index is 4.54. The lowest BCUT2D eigenvalue weighted by molar-refractivity contribution is 0.249. The first-order chi connectivity index (χ1) is 9.20. The molecular weight excluding hydrogens is 236 g/mol. The smallest absolute Gasteiger partial charge is 0.128 e. The van der Waals surface area contributed by atoms with Crippen molar-refractivity contribution in [1.29, 1.82) is 0 Å². The van der Waals surface area contributed by atoms with Crippen molar-refractivity contribution >= 4 is 0 Å². The molecule has 0 N–H and O–H groups in total. The van der Waals surface area contributed by atoms with Crippen molar-refractivity contribution in [2.45, 2.75) is 32.9 Å². The number of nitrogens with zero attached hydrogens (tertiary/aromatic N) is 4. The van der Waals surface area contributed by atoms with Crippen LogP contribution < -0.4 is 0 Å². The van der Waals surface area contributed by atoms with Gasteiger partial charge in [0.05, 0.1) is 5.69 Å². The van der Waals surface area contributed by atoms with Crippen LogP contribution in [-0.2, 0) is 13.0 Å². The quantitative estimate of drug-likeness (QED) is 0.824. The third-order valence-corrected chi connectivity index (χ3v) is 3.32. The third-order valence-electron chi connectivity index (χ3n) is 3.32. The minimum atomic E-state index is 0.314. The molecule has 0 aliphatic carbocycles. The summed E-state index contributed by atoms with van der Waals surface area (Å²) >= 11 is 0. The second kappa shape index (κ2) is 6.38. The highest BCUT2D eigenvalue weighted by Gasteiger charge is 2.12. The summed E-state index contributed by atoms with van der Waals surface area (Å²) in [6, 6.07) is 6.37. The highest BCUT2D eigenvalue weighted by atomic mass is 15.1. The monoisotopic (exact) mass is 256 g/mol. The van der Waals surface area contributed by atoms with E-state index >= 15 is 0 Å². The molecule has 100 valence electrons. The number of aryl methyl sites for hydroxylation is 1. The Morgan fingerprint density at radius 3 is 2.79 bits per heavy atom. The van der Waals surface area contributed by atoms with Crippen molar-refractivity contribution in [2.75, 3.05) is 7.05 Å². The minimum absolute atomic E-state index is 0.314. The van der Waals surface area contributed by atoms with Gasteiger partial charge in [-0.3, -0.25) is 9.88 Å². The largest absolute Gasteiger partial charge is 0.294 e. The zero-order chi connectivity index (χ0) is 13.7. The normalized spacial score (nSPS) is 12.6. The number of aromatic nitrogens is 3. The highest BCUT2D eigenvalue weighted by molar-refractivity contribution is 5.13. The van der Waals surface area contributed by atoms with Crippen molar-refractivity contribution in [1.82, 2.24) is 19.9 Å². The average Bonchev–Trinajstić information content (AvgIpc) is 2.47.